The molecule has 0 saturated heterocycles. The van der Waals surface area contributed by atoms with Gasteiger partial charge < -0.3 is 10.1 Å². The number of para-hydroxylation sites is 1. The second-order valence-electron chi connectivity index (χ2n) is 5.15. The molecule has 122 valence electrons. The van der Waals surface area contributed by atoms with Crippen molar-refractivity contribution in [3.8, 4) is 5.75 Å². The molecule has 0 saturated carbocycles. The Hall–Kier alpha value is -2.79. The third-order valence-corrected chi connectivity index (χ3v) is 3.59. The van der Waals surface area contributed by atoms with Gasteiger partial charge in [0.2, 0.25) is 0 Å². The molecule has 24 heavy (non-hydrogen) atoms. The highest BCUT2D eigenvalue weighted by Crippen LogP contribution is 2.14. The average Bonchev–Trinajstić information content (AvgIpc) is 3.03. The smallest absolute Gasteiger partial charge is 0.263 e. The molecule has 0 bridgehead atoms. The van der Waals surface area contributed by atoms with Crippen LogP contribution in [0.25, 0.3) is 0 Å². The van der Waals surface area contributed by atoms with Crippen molar-refractivity contribution in [2.45, 2.75) is 6.54 Å². The molecule has 0 aliphatic carbocycles. The van der Waals surface area contributed by atoms with Crippen LogP contribution in [0.3, 0.4) is 0 Å². The number of hydrogen-bond acceptors (Lipinski definition) is 3. The Kier molecular flexibility index (Phi) is 5.13. The number of carbonyl (C=O) groups is 1. The Morgan fingerprint density at radius 1 is 1.08 bits per heavy atom. The van der Waals surface area contributed by atoms with Crippen molar-refractivity contribution in [3.63, 3.8) is 0 Å². The van der Waals surface area contributed by atoms with Crippen LogP contribution >= 0.6 is 11.6 Å². The zero-order valence-electron chi connectivity index (χ0n) is 12.9. The van der Waals surface area contributed by atoms with Gasteiger partial charge in [-0.3, -0.25) is 4.79 Å². The summed E-state index contributed by atoms with van der Waals surface area (Å²) in [5.74, 6) is 1.03. The number of amides is 1. The van der Waals surface area contributed by atoms with Gasteiger partial charge in [0.1, 0.15) is 11.6 Å². The van der Waals surface area contributed by atoms with Gasteiger partial charge in [-0.05, 0) is 29.8 Å². The number of ether oxygens (including phenoxy) is 1. The predicted molar refractivity (Wildman–Crippen MR) is 93.3 cm³/mol. The Morgan fingerprint density at radius 2 is 1.83 bits per heavy atom. The maximum absolute atomic E-state index is 12.0. The number of benzene rings is 2. The molecule has 1 N–H and O–H groups in total. The van der Waals surface area contributed by atoms with Gasteiger partial charge in [-0.2, -0.15) is 5.10 Å². The summed E-state index contributed by atoms with van der Waals surface area (Å²) >= 11 is 5.89. The van der Waals surface area contributed by atoms with Gasteiger partial charge in [-0.25, -0.2) is 4.68 Å². The van der Waals surface area contributed by atoms with Crippen molar-refractivity contribution in [3.05, 3.63) is 77.4 Å². The van der Waals surface area contributed by atoms with Crippen molar-refractivity contribution in [2.24, 2.45) is 0 Å². The van der Waals surface area contributed by atoms with Crippen molar-refractivity contribution in [1.29, 1.82) is 0 Å². The highest BCUT2D eigenvalue weighted by atomic mass is 35.5. The van der Waals surface area contributed by atoms with Gasteiger partial charge in [0.25, 0.3) is 5.91 Å². The summed E-state index contributed by atoms with van der Waals surface area (Å²) in [5.41, 5.74) is 1.04. The molecule has 0 radical (unpaired) electrons. The molecule has 0 aliphatic heterocycles. The fraction of sp³-hybridized carbons (Fsp3) is 0.111. The molecule has 0 spiro atoms. The van der Waals surface area contributed by atoms with E-state index in [4.69, 9.17) is 16.3 Å². The molecule has 1 amide bonds. The number of anilines is 1. The van der Waals surface area contributed by atoms with Crippen LogP contribution in [0.4, 0.5) is 5.82 Å². The molecule has 3 aromatic rings. The van der Waals surface area contributed by atoms with Crippen LogP contribution in [0.2, 0.25) is 5.02 Å². The van der Waals surface area contributed by atoms with E-state index >= 15 is 0 Å². The van der Waals surface area contributed by atoms with E-state index in [0.29, 0.717) is 23.1 Å². The molecule has 0 fully saturated rings. The maximum Gasteiger partial charge on any atom is 0.263 e. The van der Waals surface area contributed by atoms with Gasteiger partial charge >= 0.3 is 0 Å². The molecular weight excluding hydrogens is 326 g/mol. The first-order valence-electron chi connectivity index (χ1n) is 7.45. The zero-order chi connectivity index (χ0) is 16.8. The molecular formula is C18H16ClN3O2. The first kappa shape index (κ1) is 16.1. The predicted octanol–water partition coefficient (Wildman–Crippen LogP) is 3.60. The second kappa shape index (κ2) is 7.66. The first-order valence-corrected chi connectivity index (χ1v) is 7.82. The van der Waals surface area contributed by atoms with Crippen LogP contribution < -0.4 is 10.1 Å². The lowest BCUT2D eigenvalue weighted by atomic mass is 10.2. The summed E-state index contributed by atoms with van der Waals surface area (Å²) in [6.45, 7) is 0.482. The molecule has 0 atom stereocenters. The minimum Gasteiger partial charge on any atom is -0.484 e. The Morgan fingerprint density at radius 3 is 2.58 bits per heavy atom. The molecule has 5 nitrogen and oxygen atoms in total. The minimum atomic E-state index is -0.239. The first-order chi connectivity index (χ1) is 11.7. The summed E-state index contributed by atoms with van der Waals surface area (Å²) in [5, 5.41) is 7.72. The summed E-state index contributed by atoms with van der Waals surface area (Å²) in [6, 6.07) is 18.5. The van der Waals surface area contributed by atoms with E-state index in [1.54, 1.807) is 29.1 Å². The van der Waals surface area contributed by atoms with Crippen LogP contribution in [0.5, 0.6) is 5.75 Å². The molecule has 1 aromatic heterocycles. The van der Waals surface area contributed by atoms with E-state index in [1.807, 2.05) is 42.5 Å². The number of carbonyl (C=O) groups excluding carboxylic acids is 1. The lowest BCUT2D eigenvalue weighted by Crippen LogP contribution is -2.22. The largest absolute Gasteiger partial charge is 0.484 e. The van der Waals surface area contributed by atoms with Crippen molar-refractivity contribution >= 4 is 23.3 Å². The van der Waals surface area contributed by atoms with Crippen LogP contribution in [-0.4, -0.2) is 22.3 Å². The molecule has 0 aliphatic rings. The maximum atomic E-state index is 12.0. The van der Waals surface area contributed by atoms with Gasteiger partial charge in [0, 0.05) is 11.1 Å². The number of aromatic nitrogens is 2. The molecule has 3 rings (SSSR count). The van der Waals surface area contributed by atoms with Gasteiger partial charge in [-0.1, -0.05) is 41.9 Å². The average molecular weight is 342 g/mol. The third-order valence-electron chi connectivity index (χ3n) is 3.34. The minimum absolute atomic E-state index is 0.0594. The van der Waals surface area contributed by atoms with Crippen LogP contribution in [0.15, 0.2) is 66.9 Å². The van der Waals surface area contributed by atoms with E-state index in [-0.39, 0.29) is 12.5 Å². The summed E-state index contributed by atoms with van der Waals surface area (Å²) in [4.78, 5) is 12.0. The standard InChI is InChI=1S/C18H16ClN3O2/c19-15-8-6-14(7-9-15)12-22-17(10-11-20-22)21-18(23)13-24-16-4-2-1-3-5-16/h1-11H,12-13H2,(H,21,23). The highest BCUT2D eigenvalue weighted by molar-refractivity contribution is 6.30. The van der Waals surface area contributed by atoms with Crippen molar-refractivity contribution in [2.75, 3.05) is 11.9 Å². The number of hydrogen-bond donors (Lipinski definition) is 1. The third kappa shape index (κ3) is 4.36. The van der Waals surface area contributed by atoms with E-state index in [2.05, 4.69) is 10.4 Å². The SMILES string of the molecule is O=C(COc1ccccc1)Nc1ccnn1Cc1ccc(Cl)cc1. The van der Waals surface area contributed by atoms with E-state index in [0.717, 1.165) is 5.56 Å². The fourth-order valence-electron chi connectivity index (χ4n) is 2.17. The van der Waals surface area contributed by atoms with E-state index in [1.165, 1.54) is 0 Å². The zero-order valence-corrected chi connectivity index (χ0v) is 13.6. The van der Waals surface area contributed by atoms with E-state index < -0.39 is 0 Å². The highest BCUT2D eigenvalue weighted by Gasteiger charge is 2.08. The number of nitrogens with one attached hydrogen (secondary N) is 1. The summed E-state index contributed by atoms with van der Waals surface area (Å²) in [6.07, 6.45) is 1.64. The Bertz CT molecular complexity index is 801. The summed E-state index contributed by atoms with van der Waals surface area (Å²) in [7, 11) is 0. The Labute approximate surface area is 144 Å². The lowest BCUT2D eigenvalue weighted by molar-refractivity contribution is -0.118. The number of halogens is 1. The van der Waals surface area contributed by atoms with E-state index in [9.17, 15) is 4.79 Å². The quantitative estimate of drug-likeness (QED) is 0.745. The van der Waals surface area contributed by atoms with Crippen LogP contribution in [0, 0.1) is 0 Å². The monoisotopic (exact) mass is 341 g/mol. The van der Waals surface area contributed by atoms with Crippen molar-refractivity contribution < 1.29 is 9.53 Å². The number of nitrogens with zero attached hydrogens (tertiary/aromatic N) is 2. The summed E-state index contributed by atoms with van der Waals surface area (Å²) < 4.78 is 7.14. The molecule has 6 heteroatoms. The molecule has 2 aromatic carbocycles. The normalized spacial score (nSPS) is 10.4. The lowest BCUT2D eigenvalue weighted by Gasteiger charge is -2.10. The fourth-order valence-corrected chi connectivity index (χ4v) is 2.30. The van der Waals surface area contributed by atoms with Crippen LogP contribution in [0.1, 0.15) is 5.56 Å². The van der Waals surface area contributed by atoms with Crippen molar-refractivity contribution in [1.82, 2.24) is 9.78 Å². The van der Waals surface area contributed by atoms with Gasteiger partial charge in [0.05, 0.1) is 12.7 Å². The molecule has 1 heterocycles. The second-order valence-corrected chi connectivity index (χ2v) is 5.59. The Balaban J connectivity index is 1.58. The van der Waals surface area contributed by atoms with Crippen LogP contribution in [-0.2, 0) is 11.3 Å². The van der Waals surface area contributed by atoms with Gasteiger partial charge in [0.15, 0.2) is 6.61 Å². The number of rotatable bonds is 6. The molecule has 0 unspecified atom stereocenters. The van der Waals surface area contributed by atoms with Gasteiger partial charge in [-0.15, -0.1) is 0 Å². The topological polar surface area (TPSA) is 56.1 Å².